The van der Waals surface area contributed by atoms with Crippen LogP contribution in [0.2, 0.25) is 0 Å². The molecule has 86 valence electrons. The Bertz CT molecular complexity index is 225. The molecule has 15 heavy (non-hydrogen) atoms. The summed E-state index contributed by atoms with van der Waals surface area (Å²) < 4.78 is 0. The number of piperazine rings is 1. The third-order valence-electron chi connectivity index (χ3n) is 4.36. The van der Waals surface area contributed by atoms with Gasteiger partial charge in [-0.25, -0.2) is 0 Å². The van der Waals surface area contributed by atoms with E-state index < -0.39 is 0 Å². The van der Waals surface area contributed by atoms with Gasteiger partial charge in [-0.1, -0.05) is 0 Å². The van der Waals surface area contributed by atoms with E-state index in [1.54, 1.807) is 0 Å². The lowest BCUT2D eigenvalue weighted by molar-refractivity contribution is 0.0828. The zero-order valence-electron chi connectivity index (χ0n) is 9.62. The van der Waals surface area contributed by atoms with Crippen molar-refractivity contribution in [3.05, 3.63) is 0 Å². The molecular weight excluding hydrogens is 186 g/mol. The molecule has 0 aromatic rings. The van der Waals surface area contributed by atoms with E-state index in [2.05, 4.69) is 9.80 Å². The smallest absolute Gasteiger partial charge is 0.0283 e. The second-order valence-corrected chi connectivity index (χ2v) is 5.76. The molecule has 0 aromatic carbocycles. The molecule has 2 aliphatic carbocycles. The van der Waals surface area contributed by atoms with Crippen LogP contribution in [-0.2, 0) is 0 Å². The lowest BCUT2D eigenvalue weighted by atomic mass is 9.77. The molecule has 3 heteroatoms. The molecule has 1 aliphatic heterocycles. The first-order valence-corrected chi connectivity index (χ1v) is 6.51. The standard InChI is InChI=1S/C12H23N3/c13-12(4-1-5-12)10-14-6-8-15(9-7-14)11-2-3-11/h11H,1-10,13H2. The Morgan fingerprint density at radius 3 is 2.20 bits per heavy atom. The van der Waals surface area contributed by atoms with Crippen LogP contribution in [0.4, 0.5) is 0 Å². The summed E-state index contributed by atoms with van der Waals surface area (Å²) in [5, 5.41) is 0. The predicted octanol–water partition coefficient (Wildman–Crippen LogP) is 0.648. The largest absolute Gasteiger partial charge is 0.324 e. The van der Waals surface area contributed by atoms with Crippen molar-refractivity contribution in [3.63, 3.8) is 0 Å². The molecule has 0 spiro atoms. The van der Waals surface area contributed by atoms with Crippen LogP contribution in [0.5, 0.6) is 0 Å². The van der Waals surface area contributed by atoms with Crippen molar-refractivity contribution in [2.45, 2.75) is 43.7 Å². The Morgan fingerprint density at radius 2 is 1.73 bits per heavy atom. The Kier molecular flexibility index (Phi) is 2.49. The average molecular weight is 209 g/mol. The molecule has 3 rings (SSSR count). The minimum Gasteiger partial charge on any atom is -0.324 e. The molecule has 0 aromatic heterocycles. The molecule has 0 bridgehead atoms. The second-order valence-electron chi connectivity index (χ2n) is 5.76. The SMILES string of the molecule is NC1(CN2CCN(C3CC3)CC2)CCC1. The van der Waals surface area contributed by atoms with Gasteiger partial charge >= 0.3 is 0 Å². The molecule has 2 saturated carbocycles. The molecule has 3 aliphatic rings. The maximum absolute atomic E-state index is 6.29. The summed E-state index contributed by atoms with van der Waals surface area (Å²) in [6.45, 7) is 6.19. The van der Waals surface area contributed by atoms with E-state index in [0.717, 1.165) is 12.6 Å². The zero-order valence-corrected chi connectivity index (χ0v) is 9.62. The second kappa shape index (κ2) is 3.72. The minimum atomic E-state index is 0.182. The van der Waals surface area contributed by atoms with Gasteiger partial charge in [-0.05, 0) is 32.1 Å². The van der Waals surface area contributed by atoms with Crippen LogP contribution in [-0.4, -0.2) is 54.1 Å². The molecule has 0 radical (unpaired) electrons. The fourth-order valence-corrected chi connectivity index (χ4v) is 2.96. The summed E-state index contributed by atoms with van der Waals surface area (Å²) in [7, 11) is 0. The van der Waals surface area contributed by atoms with E-state index in [9.17, 15) is 0 Å². The highest BCUT2D eigenvalue weighted by atomic mass is 15.3. The first-order chi connectivity index (χ1) is 7.25. The molecule has 1 saturated heterocycles. The van der Waals surface area contributed by atoms with Gasteiger partial charge in [0, 0.05) is 44.3 Å². The van der Waals surface area contributed by atoms with E-state index in [1.165, 1.54) is 58.3 Å². The van der Waals surface area contributed by atoms with E-state index in [0.29, 0.717) is 0 Å². The van der Waals surface area contributed by atoms with Crippen LogP contribution in [0, 0.1) is 0 Å². The average Bonchev–Trinajstić information content (AvgIpc) is 3.00. The van der Waals surface area contributed by atoms with Crippen molar-refractivity contribution < 1.29 is 0 Å². The Balaban J connectivity index is 1.44. The van der Waals surface area contributed by atoms with Crippen molar-refractivity contribution in [2.24, 2.45) is 5.73 Å². The summed E-state index contributed by atoms with van der Waals surface area (Å²) in [6, 6.07) is 0.947. The maximum Gasteiger partial charge on any atom is 0.0283 e. The molecule has 3 fully saturated rings. The molecular formula is C12H23N3. The van der Waals surface area contributed by atoms with Crippen molar-refractivity contribution >= 4 is 0 Å². The van der Waals surface area contributed by atoms with Gasteiger partial charge < -0.3 is 5.73 Å². The fraction of sp³-hybridized carbons (Fsp3) is 1.00. The van der Waals surface area contributed by atoms with Crippen LogP contribution < -0.4 is 5.73 Å². The van der Waals surface area contributed by atoms with Gasteiger partial charge in [0.2, 0.25) is 0 Å². The number of hydrogen-bond acceptors (Lipinski definition) is 3. The molecule has 2 N–H and O–H groups in total. The Morgan fingerprint density at radius 1 is 1.07 bits per heavy atom. The van der Waals surface area contributed by atoms with Crippen LogP contribution in [0.25, 0.3) is 0 Å². The van der Waals surface area contributed by atoms with Gasteiger partial charge in [-0.2, -0.15) is 0 Å². The van der Waals surface area contributed by atoms with Gasteiger partial charge in [-0.15, -0.1) is 0 Å². The van der Waals surface area contributed by atoms with Crippen LogP contribution >= 0.6 is 0 Å². The quantitative estimate of drug-likeness (QED) is 0.740. The molecule has 3 nitrogen and oxygen atoms in total. The monoisotopic (exact) mass is 209 g/mol. The van der Waals surface area contributed by atoms with E-state index >= 15 is 0 Å². The zero-order chi connectivity index (χ0) is 10.3. The van der Waals surface area contributed by atoms with Gasteiger partial charge in [0.15, 0.2) is 0 Å². The number of nitrogens with zero attached hydrogens (tertiary/aromatic N) is 2. The highest BCUT2D eigenvalue weighted by Gasteiger charge is 2.36. The number of rotatable bonds is 3. The molecule has 1 heterocycles. The van der Waals surface area contributed by atoms with Gasteiger partial charge in [0.1, 0.15) is 0 Å². The van der Waals surface area contributed by atoms with Crippen molar-refractivity contribution in [1.82, 2.24) is 9.80 Å². The topological polar surface area (TPSA) is 32.5 Å². The normalized spacial score (nSPS) is 32.6. The molecule has 0 unspecified atom stereocenters. The summed E-state index contributed by atoms with van der Waals surface area (Å²) >= 11 is 0. The summed E-state index contributed by atoms with van der Waals surface area (Å²) in [5.74, 6) is 0. The third kappa shape index (κ3) is 2.19. The highest BCUT2D eigenvalue weighted by molar-refractivity contribution is 4.96. The molecule has 0 atom stereocenters. The van der Waals surface area contributed by atoms with E-state index in [-0.39, 0.29) is 5.54 Å². The van der Waals surface area contributed by atoms with Gasteiger partial charge in [0.25, 0.3) is 0 Å². The third-order valence-corrected chi connectivity index (χ3v) is 4.36. The number of hydrogen-bond donors (Lipinski definition) is 1. The van der Waals surface area contributed by atoms with Crippen molar-refractivity contribution in [3.8, 4) is 0 Å². The molecule has 0 amide bonds. The van der Waals surface area contributed by atoms with Gasteiger partial charge in [-0.3, -0.25) is 9.80 Å². The first kappa shape index (κ1) is 10.1. The predicted molar refractivity (Wildman–Crippen MR) is 61.8 cm³/mol. The highest BCUT2D eigenvalue weighted by Crippen LogP contribution is 2.31. The van der Waals surface area contributed by atoms with E-state index in [1.807, 2.05) is 0 Å². The van der Waals surface area contributed by atoms with Crippen LogP contribution in [0.15, 0.2) is 0 Å². The Labute approximate surface area is 92.6 Å². The van der Waals surface area contributed by atoms with Crippen LogP contribution in [0.1, 0.15) is 32.1 Å². The Hall–Kier alpha value is -0.120. The van der Waals surface area contributed by atoms with Crippen molar-refractivity contribution in [2.75, 3.05) is 32.7 Å². The van der Waals surface area contributed by atoms with Gasteiger partial charge in [0.05, 0.1) is 0 Å². The van der Waals surface area contributed by atoms with E-state index in [4.69, 9.17) is 5.73 Å². The van der Waals surface area contributed by atoms with Crippen molar-refractivity contribution in [1.29, 1.82) is 0 Å². The lowest BCUT2D eigenvalue weighted by Gasteiger charge is -2.44. The lowest BCUT2D eigenvalue weighted by Crippen LogP contribution is -2.58. The van der Waals surface area contributed by atoms with Crippen LogP contribution in [0.3, 0.4) is 0 Å². The summed E-state index contributed by atoms with van der Waals surface area (Å²) in [6.07, 6.45) is 6.73. The summed E-state index contributed by atoms with van der Waals surface area (Å²) in [5.41, 5.74) is 6.47. The fourth-order valence-electron chi connectivity index (χ4n) is 2.96. The summed E-state index contributed by atoms with van der Waals surface area (Å²) in [4.78, 5) is 5.25. The number of nitrogens with two attached hydrogens (primary N) is 1. The minimum absolute atomic E-state index is 0.182. The first-order valence-electron chi connectivity index (χ1n) is 6.51. The maximum atomic E-state index is 6.29.